The zero-order chi connectivity index (χ0) is 26.9. The van der Waals surface area contributed by atoms with Gasteiger partial charge in [0.05, 0.1) is 11.4 Å². The third kappa shape index (κ3) is 3.42. The number of allylic oxidation sites excluding steroid dienone is 1. The van der Waals surface area contributed by atoms with E-state index in [1.807, 2.05) is 42.1 Å². The summed E-state index contributed by atoms with van der Waals surface area (Å²) in [5.74, 6) is 2.99. The smallest absolute Gasteiger partial charge is 0.194 e. The molecule has 3 aliphatic rings. The number of hydrogen-bond acceptors (Lipinski definition) is 4. The lowest BCUT2D eigenvalue weighted by atomic mass is 10.0. The molecule has 1 aliphatic carbocycles. The minimum atomic E-state index is 0.740. The van der Waals surface area contributed by atoms with Crippen LogP contribution in [0, 0.1) is 0 Å². The van der Waals surface area contributed by atoms with E-state index in [1.165, 1.54) is 37.8 Å². The lowest BCUT2D eigenvalue weighted by Gasteiger charge is -2.33. The minimum absolute atomic E-state index is 0.740. The molecule has 0 saturated carbocycles. The number of benzene rings is 5. The highest BCUT2D eigenvalue weighted by atomic mass is 32.2. The van der Waals surface area contributed by atoms with Gasteiger partial charge in [-0.2, -0.15) is 0 Å². The molecule has 5 heteroatoms. The monoisotopic (exact) mass is 548 g/mol. The van der Waals surface area contributed by atoms with Gasteiger partial charge < -0.3 is 18.9 Å². The second-order valence-electron chi connectivity index (χ2n) is 10.5. The maximum atomic E-state index is 6.55. The molecule has 0 fully saturated rings. The zero-order valence-electron chi connectivity index (χ0n) is 22.1. The topological polar surface area (TPSA) is 26.6 Å². The maximum Gasteiger partial charge on any atom is 0.194 e. The van der Waals surface area contributed by atoms with Crippen LogP contribution in [-0.4, -0.2) is 4.57 Å². The lowest BCUT2D eigenvalue weighted by Crippen LogP contribution is -2.14. The van der Waals surface area contributed by atoms with Gasteiger partial charge in [-0.05, 0) is 85.6 Å². The van der Waals surface area contributed by atoms with E-state index in [-0.39, 0.29) is 0 Å². The first-order chi connectivity index (χ1) is 20.3. The van der Waals surface area contributed by atoms with Gasteiger partial charge in [0.1, 0.15) is 5.52 Å². The summed E-state index contributed by atoms with van der Waals surface area (Å²) in [6, 6.07) is 38.3. The Kier molecular flexibility index (Phi) is 4.92. The Morgan fingerprint density at radius 3 is 2.02 bits per heavy atom. The normalized spacial score (nSPS) is 14.3. The summed E-state index contributed by atoms with van der Waals surface area (Å²) in [5, 5.41) is 1.18. The predicted octanol–water partition coefficient (Wildman–Crippen LogP) is 10.4. The largest absolute Gasteiger partial charge is 0.449 e. The summed E-state index contributed by atoms with van der Waals surface area (Å²) in [6.07, 6.45) is 6.52. The second kappa shape index (κ2) is 8.82. The van der Waals surface area contributed by atoms with Crippen molar-refractivity contribution in [3.63, 3.8) is 0 Å². The Labute approximate surface area is 242 Å². The fourth-order valence-corrected chi connectivity index (χ4v) is 7.36. The standard InChI is InChI=1S/C36H24N2O2S/c1-2-10-27-25(9-1)26-21-22-32-36(40-31-14-6-5-13-30(31)39-32)35(26)38(27)24-19-17-23(18-20-24)37-28-11-3-7-15-33(28)41-34-16-8-4-12-29(34)37/h1,3-9,11-22H,2,10H2. The van der Waals surface area contributed by atoms with Crippen LogP contribution in [0.4, 0.5) is 17.1 Å². The fourth-order valence-electron chi connectivity index (χ4n) is 6.30. The first-order valence-electron chi connectivity index (χ1n) is 13.9. The van der Waals surface area contributed by atoms with E-state index in [1.54, 1.807) is 0 Å². The van der Waals surface area contributed by atoms with Crippen LogP contribution in [0.3, 0.4) is 0 Å². The van der Waals surface area contributed by atoms with Crippen molar-refractivity contribution in [1.29, 1.82) is 0 Å². The van der Waals surface area contributed by atoms with Gasteiger partial charge in [0.25, 0.3) is 0 Å². The van der Waals surface area contributed by atoms with Gasteiger partial charge in [-0.25, -0.2) is 0 Å². The van der Waals surface area contributed by atoms with Crippen LogP contribution in [0.5, 0.6) is 23.0 Å². The molecule has 0 atom stereocenters. The van der Waals surface area contributed by atoms with Crippen molar-refractivity contribution >= 4 is 45.8 Å². The molecule has 6 aromatic rings. The highest BCUT2D eigenvalue weighted by molar-refractivity contribution is 7.99. The average molecular weight is 549 g/mol. The van der Waals surface area contributed by atoms with E-state index in [9.17, 15) is 0 Å². The van der Waals surface area contributed by atoms with Gasteiger partial charge in [0.15, 0.2) is 23.0 Å². The van der Waals surface area contributed by atoms with E-state index in [2.05, 4.69) is 100 Å². The quantitative estimate of drug-likeness (QED) is 0.215. The molecule has 0 saturated heterocycles. The fraction of sp³-hybridized carbons (Fsp3) is 0.0556. The van der Waals surface area contributed by atoms with Crippen LogP contribution in [0.2, 0.25) is 0 Å². The summed E-state index contributed by atoms with van der Waals surface area (Å²) in [5.41, 5.74) is 8.26. The van der Waals surface area contributed by atoms with Crippen molar-refractivity contribution in [2.45, 2.75) is 22.6 Å². The first kappa shape index (κ1) is 22.9. The Balaban J connectivity index is 1.22. The van der Waals surface area contributed by atoms with Gasteiger partial charge in [-0.1, -0.05) is 60.3 Å². The molecular formula is C36H24N2O2S. The molecule has 0 spiro atoms. The zero-order valence-corrected chi connectivity index (χ0v) is 22.9. The SMILES string of the molecule is C1=Cc2c(n(-c3ccc(N4c5ccccc5Sc5ccccc54)cc3)c3c4c(ccc23)Oc2ccccc2O4)CC1. The Morgan fingerprint density at radius 1 is 0.610 bits per heavy atom. The average Bonchev–Trinajstić information content (AvgIpc) is 3.38. The van der Waals surface area contributed by atoms with Crippen LogP contribution in [0.1, 0.15) is 17.7 Å². The van der Waals surface area contributed by atoms with E-state index in [4.69, 9.17) is 9.47 Å². The summed E-state index contributed by atoms with van der Waals surface area (Å²) in [7, 11) is 0. The highest BCUT2D eigenvalue weighted by Crippen LogP contribution is 2.53. The van der Waals surface area contributed by atoms with Crippen molar-refractivity contribution in [3.05, 3.63) is 127 Å². The number of aromatic nitrogens is 1. The van der Waals surface area contributed by atoms with Crippen molar-refractivity contribution in [2.24, 2.45) is 0 Å². The maximum absolute atomic E-state index is 6.55. The molecule has 0 bridgehead atoms. The van der Waals surface area contributed by atoms with Gasteiger partial charge >= 0.3 is 0 Å². The van der Waals surface area contributed by atoms with Crippen LogP contribution >= 0.6 is 11.8 Å². The number of anilines is 3. The highest BCUT2D eigenvalue weighted by Gasteiger charge is 2.28. The van der Waals surface area contributed by atoms with Crippen LogP contribution < -0.4 is 14.4 Å². The summed E-state index contributed by atoms with van der Waals surface area (Å²) >= 11 is 1.83. The van der Waals surface area contributed by atoms with Crippen molar-refractivity contribution < 1.29 is 9.47 Å². The predicted molar refractivity (Wildman–Crippen MR) is 166 cm³/mol. The minimum Gasteiger partial charge on any atom is -0.449 e. The van der Waals surface area contributed by atoms with Crippen molar-refractivity contribution in [2.75, 3.05) is 4.90 Å². The van der Waals surface area contributed by atoms with Gasteiger partial charge in [0, 0.05) is 37.8 Å². The molecule has 0 unspecified atom stereocenters. The van der Waals surface area contributed by atoms with E-state index in [0.29, 0.717) is 0 Å². The summed E-state index contributed by atoms with van der Waals surface area (Å²) < 4.78 is 15.2. The van der Waals surface area contributed by atoms with Crippen LogP contribution in [0.15, 0.2) is 125 Å². The van der Waals surface area contributed by atoms with Gasteiger partial charge in [-0.15, -0.1) is 0 Å². The number of ether oxygens (including phenoxy) is 2. The molecule has 0 radical (unpaired) electrons. The van der Waals surface area contributed by atoms with Crippen molar-refractivity contribution in [3.8, 4) is 28.7 Å². The third-order valence-corrected chi connectivity index (χ3v) is 9.23. The van der Waals surface area contributed by atoms with Gasteiger partial charge in [0.2, 0.25) is 0 Å². The molecule has 4 nitrogen and oxygen atoms in total. The molecule has 41 heavy (non-hydrogen) atoms. The molecular weight excluding hydrogens is 524 g/mol. The van der Waals surface area contributed by atoms with E-state index < -0.39 is 0 Å². The lowest BCUT2D eigenvalue weighted by molar-refractivity contribution is 0.362. The summed E-state index contributed by atoms with van der Waals surface area (Å²) in [4.78, 5) is 4.89. The van der Waals surface area contributed by atoms with Crippen molar-refractivity contribution in [1.82, 2.24) is 4.57 Å². The number of para-hydroxylation sites is 4. The number of hydrogen-bond donors (Lipinski definition) is 0. The van der Waals surface area contributed by atoms with Gasteiger partial charge in [-0.3, -0.25) is 0 Å². The van der Waals surface area contributed by atoms with E-state index in [0.717, 1.165) is 52.7 Å². The van der Waals surface area contributed by atoms with Crippen LogP contribution in [-0.2, 0) is 6.42 Å². The van der Waals surface area contributed by atoms with E-state index >= 15 is 0 Å². The molecule has 0 amide bonds. The molecule has 9 rings (SSSR count). The molecule has 196 valence electrons. The molecule has 3 heterocycles. The number of nitrogens with zero attached hydrogens (tertiary/aromatic N) is 2. The molecule has 1 aromatic heterocycles. The Morgan fingerprint density at radius 2 is 1.27 bits per heavy atom. The molecule has 0 N–H and O–H groups in total. The summed E-state index contributed by atoms with van der Waals surface area (Å²) in [6.45, 7) is 0. The Bertz CT molecular complexity index is 1990. The van der Waals surface area contributed by atoms with Crippen LogP contribution in [0.25, 0.3) is 22.7 Å². The second-order valence-corrected chi connectivity index (χ2v) is 11.5. The molecule has 2 aliphatic heterocycles. The number of fused-ring (bicyclic) bond motifs is 8. The Hall–Kier alpha value is -4.87. The molecule has 5 aromatic carbocycles. The number of rotatable bonds is 2. The first-order valence-corrected chi connectivity index (χ1v) is 14.7. The third-order valence-electron chi connectivity index (χ3n) is 8.10.